The van der Waals surface area contributed by atoms with Gasteiger partial charge in [0, 0.05) is 10.9 Å². The first kappa shape index (κ1) is 21.3. The summed E-state index contributed by atoms with van der Waals surface area (Å²) in [6, 6.07) is 11.1. The van der Waals surface area contributed by atoms with Crippen LogP contribution in [0.4, 0.5) is 10.1 Å². The summed E-state index contributed by atoms with van der Waals surface area (Å²) >= 11 is 1.38. The average Bonchev–Trinajstić information content (AvgIpc) is 3.39. The van der Waals surface area contributed by atoms with Crippen molar-refractivity contribution in [3.63, 3.8) is 0 Å². The molecule has 0 saturated carbocycles. The molecule has 3 aromatic rings. The number of carbonyl (C=O) groups is 3. The third-order valence-corrected chi connectivity index (χ3v) is 6.14. The predicted molar refractivity (Wildman–Crippen MR) is 114 cm³/mol. The molecule has 2 aromatic carbocycles. The molecule has 3 amide bonds. The lowest BCUT2D eigenvalue weighted by Gasteiger charge is -2.25. The topological polar surface area (TPSA) is 110 Å². The highest BCUT2D eigenvalue weighted by atomic mass is 32.1. The minimum Gasteiger partial charge on any atom is -0.343 e. The molecule has 1 N–H and O–H groups in total. The lowest BCUT2D eigenvalue weighted by molar-refractivity contribution is -0.385. The monoisotopic (exact) mass is 453 g/mol. The van der Waals surface area contributed by atoms with E-state index in [9.17, 15) is 28.9 Å². The van der Waals surface area contributed by atoms with Gasteiger partial charge in [-0.05, 0) is 42.1 Å². The number of hydrogen-bond acceptors (Lipinski definition) is 6. The number of benzene rings is 2. The first-order chi connectivity index (χ1) is 15.3. The Kier molecular flexibility index (Phi) is 5.54. The summed E-state index contributed by atoms with van der Waals surface area (Å²) in [6.45, 7) is 1.37. The van der Waals surface area contributed by atoms with Crippen molar-refractivity contribution in [1.82, 2.24) is 10.2 Å². The maximum absolute atomic E-state index is 13.4. The van der Waals surface area contributed by atoms with Crippen molar-refractivity contribution in [2.45, 2.75) is 19.0 Å². The third kappa shape index (κ3) is 3.65. The summed E-state index contributed by atoms with van der Waals surface area (Å²) in [5.41, 5.74) is -0.307. The van der Waals surface area contributed by atoms with Gasteiger partial charge in [0.1, 0.15) is 17.4 Å². The van der Waals surface area contributed by atoms with E-state index in [4.69, 9.17) is 0 Å². The first-order valence-corrected chi connectivity index (χ1v) is 10.4. The van der Waals surface area contributed by atoms with Crippen LogP contribution in [-0.4, -0.2) is 33.6 Å². The number of nitro groups is 1. The Morgan fingerprint density at radius 3 is 2.44 bits per heavy atom. The SMILES string of the molecule is CC(C(=O)NC(c1ccc(F)cc1)c1cccs1)N1C(=O)c2cccc([N+](=O)[O-])c2C1=O. The second-order valence-corrected chi connectivity index (χ2v) is 8.10. The molecule has 10 heteroatoms. The summed E-state index contributed by atoms with van der Waals surface area (Å²) in [4.78, 5) is 50.8. The van der Waals surface area contributed by atoms with E-state index in [0.717, 1.165) is 15.8 Å². The summed E-state index contributed by atoms with van der Waals surface area (Å²) in [6.07, 6.45) is 0. The van der Waals surface area contributed by atoms with Crippen LogP contribution < -0.4 is 5.32 Å². The molecule has 0 fully saturated rings. The van der Waals surface area contributed by atoms with Crippen LogP contribution in [0.25, 0.3) is 0 Å². The lowest BCUT2D eigenvalue weighted by Crippen LogP contribution is -2.48. The van der Waals surface area contributed by atoms with E-state index >= 15 is 0 Å². The van der Waals surface area contributed by atoms with Gasteiger partial charge in [-0.25, -0.2) is 4.39 Å². The predicted octanol–water partition coefficient (Wildman–Crippen LogP) is 3.69. The standard InChI is InChI=1S/C22H16FN3O5S/c1-12(25-21(28)15-4-2-5-16(26(30)31)18(15)22(25)29)20(27)24-19(17-6-3-11-32-17)13-7-9-14(23)10-8-13/h2-12,19H,1H3,(H,24,27). The van der Waals surface area contributed by atoms with Gasteiger partial charge in [0.15, 0.2) is 0 Å². The van der Waals surface area contributed by atoms with Crippen LogP contribution in [0.3, 0.4) is 0 Å². The number of fused-ring (bicyclic) bond motifs is 1. The number of carbonyl (C=O) groups excluding carboxylic acids is 3. The van der Waals surface area contributed by atoms with Crippen molar-refractivity contribution < 1.29 is 23.7 Å². The smallest absolute Gasteiger partial charge is 0.282 e. The van der Waals surface area contributed by atoms with Crippen molar-refractivity contribution in [2.75, 3.05) is 0 Å². The Morgan fingerprint density at radius 2 is 1.81 bits per heavy atom. The summed E-state index contributed by atoms with van der Waals surface area (Å²) in [5, 5.41) is 15.9. The van der Waals surface area contributed by atoms with Gasteiger partial charge >= 0.3 is 0 Å². The Balaban J connectivity index is 1.62. The Bertz CT molecular complexity index is 1230. The van der Waals surface area contributed by atoms with Crippen LogP contribution in [0.2, 0.25) is 0 Å². The first-order valence-electron chi connectivity index (χ1n) is 9.54. The molecule has 0 radical (unpaired) electrons. The number of nitrogens with zero attached hydrogens (tertiary/aromatic N) is 2. The number of thiophene rings is 1. The van der Waals surface area contributed by atoms with Crippen molar-refractivity contribution in [3.05, 3.63) is 97.5 Å². The molecule has 2 unspecified atom stereocenters. The molecule has 1 aromatic heterocycles. The van der Waals surface area contributed by atoms with Crippen LogP contribution in [-0.2, 0) is 4.79 Å². The summed E-state index contributed by atoms with van der Waals surface area (Å²) < 4.78 is 13.4. The van der Waals surface area contributed by atoms with Crippen molar-refractivity contribution in [3.8, 4) is 0 Å². The van der Waals surface area contributed by atoms with Crippen LogP contribution >= 0.6 is 11.3 Å². The van der Waals surface area contributed by atoms with Crippen LogP contribution in [0, 0.1) is 15.9 Å². The highest BCUT2D eigenvalue weighted by Crippen LogP contribution is 2.32. The van der Waals surface area contributed by atoms with Crippen LogP contribution in [0.15, 0.2) is 60.0 Å². The number of rotatable bonds is 6. The van der Waals surface area contributed by atoms with E-state index in [0.29, 0.717) is 5.56 Å². The number of hydrogen-bond donors (Lipinski definition) is 1. The number of nitrogens with one attached hydrogen (secondary N) is 1. The maximum Gasteiger partial charge on any atom is 0.282 e. The number of halogens is 1. The third-order valence-electron chi connectivity index (χ3n) is 5.21. The Morgan fingerprint density at radius 1 is 1.09 bits per heavy atom. The van der Waals surface area contributed by atoms with Gasteiger partial charge in [-0.15, -0.1) is 11.3 Å². The summed E-state index contributed by atoms with van der Waals surface area (Å²) in [5.74, 6) is -2.73. The van der Waals surface area contributed by atoms with Crippen molar-refractivity contribution in [2.24, 2.45) is 0 Å². The van der Waals surface area contributed by atoms with Gasteiger partial charge < -0.3 is 5.32 Å². The van der Waals surface area contributed by atoms with E-state index in [2.05, 4.69) is 5.32 Å². The van der Waals surface area contributed by atoms with E-state index in [1.165, 1.54) is 54.7 Å². The fraction of sp³-hybridized carbons (Fsp3) is 0.136. The van der Waals surface area contributed by atoms with Gasteiger partial charge in [-0.1, -0.05) is 24.3 Å². The van der Waals surface area contributed by atoms with Crippen molar-refractivity contribution in [1.29, 1.82) is 0 Å². The van der Waals surface area contributed by atoms with E-state index in [1.54, 1.807) is 12.1 Å². The quantitative estimate of drug-likeness (QED) is 0.348. The minimum atomic E-state index is -1.23. The van der Waals surface area contributed by atoms with E-state index < -0.39 is 46.2 Å². The molecule has 2 heterocycles. The molecule has 162 valence electrons. The van der Waals surface area contributed by atoms with Crippen LogP contribution in [0.5, 0.6) is 0 Å². The molecule has 0 spiro atoms. The van der Waals surface area contributed by atoms with E-state index in [-0.39, 0.29) is 11.1 Å². The lowest BCUT2D eigenvalue weighted by atomic mass is 10.0. The highest BCUT2D eigenvalue weighted by molar-refractivity contribution is 7.10. The molecule has 2 atom stereocenters. The number of nitro benzene ring substituents is 1. The Hall–Kier alpha value is -3.92. The molecule has 0 bridgehead atoms. The second kappa shape index (κ2) is 8.31. The molecule has 1 aliphatic heterocycles. The van der Waals surface area contributed by atoms with Gasteiger partial charge in [0.05, 0.1) is 16.5 Å². The highest BCUT2D eigenvalue weighted by Gasteiger charge is 2.45. The molecule has 8 nitrogen and oxygen atoms in total. The molecule has 4 rings (SSSR count). The fourth-order valence-electron chi connectivity index (χ4n) is 3.60. The Labute approximate surface area is 185 Å². The molecular weight excluding hydrogens is 437 g/mol. The van der Waals surface area contributed by atoms with E-state index in [1.807, 2.05) is 5.38 Å². The van der Waals surface area contributed by atoms with Gasteiger partial charge in [0.25, 0.3) is 17.5 Å². The van der Waals surface area contributed by atoms with Crippen molar-refractivity contribution >= 4 is 34.7 Å². The van der Waals surface area contributed by atoms with Gasteiger partial charge in [-0.3, -0.25) is 29.4 Å². The normalized spacial score (nSPS) is 14.8. The maximum atomic E-state index is 13.4. The molecule has 0 saturated heterocycles. The molecule has 1 aliphatic rings. The zero-order valence-corrected chi connectivity index (χ0v) is 17.5. The van der Waals surface area contributed by atoms with Crippen LogP contribution in [0.1, 0.15) is 44.1 Å². The average molecular weight is 453 g/mol. The zero-order valence-electron chi connectivity index (χ0n) is 16.7. The van der Waals surface area contributed by atoms with Gasteiger partial charge in [-0.2, -0.15) is 0 Å². The largest absolute Gasteiger partial charge is 0.343 e. The van der Waals surface area contributed by atoms with Gasteiger partial charge in [0.2, 0.25) is 5.91 Å². The molecular formula is C22H16FN3O5S. The molecule has 32 heavy (non-hydrogen) atoms. The zero-order chi connectivity index (χ0) is 23.0. The second-order valence-electron chi connectivity index (χ2n) is 7.12. The summed E-state index contributed by atoms with van der Waals surface area (Å²) in [7, 11) is 0. The number of amides is 3. The minimum absolute atomic E-state index is 0.114. The number of imide groups is 1. The molecule has 0 aliphatic carbocycles. The fourth-order valence-corrected chi connectivity index (χ4v) is 4.40.